The molecule has 0 radical (unpaired) electrons. The van der Waals surface area contributed by atoms with E-state index in [1.165, 1.54) is 34.7 Å². The Balaban J connectivity index is 1.61. The number of halogens is 1. The molecule has 174 valence electrons. The number of thiazole rings is 1. The lowest BCUT2D eigenvalue weighted by Crippen LogP contribution is -2.27. The van der Waals surface area contributed by atoms with E-state index in [1.54, 1.807) is 49.6 Å². The molecule has 4 rings (SSSR count). The molecule has 1 amide bonds. The van der Waals surface area contributed by atoms with Gasteiger partial charge in [-0.2, -0.15) is 10.1 Å². The van der Waals surface area contributed by atoms with Crippen molar-refractivity contribution in [3.63, 3.8) is 0 Å². The summed E-state index contributed by atoms with van der Waals surface area (Å²) in [6.07, 6.45) is 1.29. The summed E-state index contributed by atoms with van der Waals surface area (Å²) in [7, 11) is -2.03. The molecule has 34 heavy (non-hydrogen) atoms. The van der Waals surface area contributed by atoms with Crippen molar-refractivity contribution in [1.29, 1.82) is 0 Å². The number of carbonyl (C=O) groups excluding carboxylic acids is 1. The first-order valence-corrected chi connectivity index (χ1v) is 13.5. The molecule has 0 fully saturated rings. The van der Waals surface area contributed by atoms with Gasteiger partial charge in [0.1, 0.15) is 5.75 Å². The fraction of sp³-hybridized carbons (Fsp3) is 0.125. The van der Waals surface area contributed by atoms with Crippen LogP contribution in [0.1, 0.15) is 12.0 Å². The second-order valence-electron chi connectivity index (χ2n) is 7.21. The summed E-state index contributed by atoms with van der Waals surface area (Å²) < 4.78 is 32.3. The third-order valence-corrected chi connectivity index (χ3v) is 8.10. The van der Waals surface area contributed by atoms with Crippen molar-refractivity contribution >= 4 is 64.6 Å². The molecule has 0 aliphatic heterocycles. The van der Waals surface area contributed by atoms with Crippen LogP contribution in [0.25, 0.3) is 10.2 Å². The number of hydrogen-bond donors (Lipinski definition) is 0. The van der Waals surface area contributed by atoms with Crippen molar-refractivity contribution in [2.24, 2.45) is 5.10 Å². The van der Waals surface area contributed by atoms with E-state index >= 15 is 0 Å². The Bertz CT molecular complexity index is 1440. The molecule has 3 aromatic carbocycles. The molecule has 1 aromatic heterocycles. The second kappa shape index (κ2) is 10.5. The highest BCUT2D eigenvalue weighted by Gasteiger charge is 2.23. The summed E-state index contributed by atoms with van der Waals surface area (Å²) in [4.78, 5) is 17.9. The Morgan fingerprint density at radius 3 is 2.56 bits per heavy atom. The molecule has 0 unspecified atom stereocenters. The fourth-order valence-corrected chi connectivity index (χ4v) is 5.83. The molecule has 4 aromatic rings. The van der Waals surface area contributed by atoms with E-state index in [1.807, 2.05) is 18.2 Å². The highest BCUT2D eigenvalue weighted by molar-refractivity contribution is 9.10. The van der Waals surface area contributed by atoms with Gasteiger partial charge in [-0.05, 0) is 60.2 Å². The van der Waals surface area contributed by atoms with Crippen LogP contribution in [0, 0.1) is 0 Å². The van der Waals surface area contributed by atoms with Crippen LogP contribution in [-0.4, -0.2) is 38.4 Å². The normalized spacial score (nSPS) is 11.7. The molecule has 0 spiro atoms. The van der Waals surface area contributed by atoms with Crippen LogP contribution >= 0.6 is 27.3 Å². The number of amides is 1. The van der Waals surface area contributed by atoms with Gasteiger partial charge in [0.25, 0.3) is 5.91 Å². The third kappa shape index (κ3) is 5.69. The number of anilines is 1. The monoisotopic (exact) mass is 557 g/mol. The minimum atomic E-state index is -3.61. The standard InChI is InChI=1S/C24H20BrN3O4S2/c1-32-19-10-7-17(8-11-19)16-26-28(24-27-21-12-9-18(25)15-22(21)33-24)23(29)13-14-34(30,31)20-5-3-2-4-6-20/h2-12,15-16H,13-14H2,1H3/b26-16+. The zero-order valence-corrected chi connectivity index (χ0v) is 21.3. The van der Waals surface area contributed by atoms with E-state index in [2.05, 4.69) is 26.0 Å². The number of methoxy groups -OCH3 is 1. The number of ether oxygens (including phenoxy) is 1. The first kappa shape index (κ1) is 24.1. The first-order valence-electron chi connectivity index (χ1n) is 10.2. The van der Waals surface area contributed by atoms with E-state index in [0.717, 1.165) is 20.3 Å². The Kier molecular flexibility index (Phi) is 7.40. The highest BCUT2D eigenvalue weighted by Crippen LogP contribution is 2.31. The number of carbonyl (C=O) groups is 1. The molecule has 0 aliphatic carbocycles. The highest BCUT2D eigenvalue weighted by atomic mass is 79.9. The summed E-state index contributed by atoms with van der Waals surface area (Å²) in [5, 5.41) is 5.90. The number of fused-ring (bicyclic) bond motifs is 1. The minimum absolute atomic E-state index is 0.181. The van der Waals surface area contributed by atoms with Crippen LogP contribution in [-0.2, 0) is 14.6 Å². The zero-order chi connectivity index (χ0) is 24.1. The zero-order valence-electron chi connectivity index (χ0n) is 18.1. The molecule has 0 aliphatic rings. The Morgan fingerprint density at radius 2 is 1.85 bits per heavy atom. The van der Waals surface area contributed by atoms with Gasteiger partial charge in [-0.1, -0.05) is 45.5 Å². The van der Waals surface area contributed by atoms with Gasteiger partial charge < -0.3 is 4.74 Å². The van der Waals surface area contributed by atoms with E-state index in [4.69, 9.17) is 4.74 Å². The van der Waals surface area contributed by atoms with E-state index in [0.29, 0.717) is 10.9 Å². The van der Waals surface area contributed by atoms with Gasteiger partial charge in [0.05, 0.1) is 34.2 Å². The van der Waals surface area contributed by atoms with Gasteiger partial charge in [-0.15, -0.1) is 0 Å². The molecule has 0 saturated carbocycles. The maximum Gasteiger partial charge on any atom is 0.250 e. The van der Waals surface area contributed by atoms with Crippen LogP contribution in [0.2, 0.25) is 0 Å². The van der Waals surface area contributed by atoms with Crippen LogP contribution in [0.15, 0.2) is 87.3 Å². The van der Waals surface area contributed by atoms with Crippen molar-refractivity contribution in [3.8, 4) is 5.75 Å². The van der Waals surface area contributed by atoms with Gasteiger partial charge in [-0.3, -0.25) is 4.79 Å². The van der Waals surface area contributed by atoms with Crippen molar-refractivity contribution < 1.29 is 17.9 Å². The lowest BCUT2D eigenvalue weighted by atomic mass is 10.2. The Morgan fingerprint density at radius 1 is 1.12 bits per heavy atom. The second-order valence-corrected chi connectivity index (χ2v) is 11.2. The lowest BCUT2D eigenvalue weighted by Gasteiger charge is -2.14. The quantitative estimate of drug-likeness (QED) is 0.216. The predicted octanol–water partition coefficient (Wildman–Crippen LogP) is 5.30. The van der Waals surface area contributed by atoms with Crippen molar-refractivity contribution in [2.75, 3.05) is 17.9 Å². The number of sulfone groups is 1. The molecule has 0 N–H and O–H groups in total. The topological polar surface area (TPSA) is 88.9 Å². The number of hydrazone groups is 1. The van der Waals surface area contributed by atoms with Crippen LogP contribution < -0.4 is 9.75 Å². The van der Waals surface area contributed by atoms with Crippen LogP contribution in [0.3, 0.4) is 0 Å². The molecule has 0 atom stereocenters. The molecule has 0 saturated heterocycles. The van der Waals surface area contributed by atoms with Crippen LogP contribution in [0.4, 0.5) is 5.13 Å². The van der Waals surface area contributed by atoms with Gasteiger partial charge in [-0.25, -0.2) is 13.4 Å². The number of hydrogen-bond acceptors (Lipinski definition) is 7. The molecule has 10 heteroatoms. The van der Waals surface area contributed by atoms with Gasteiger partial charge >= 0.3 is 0 Å². The molecule has 0 bridgehead atoms. The number of nitrogens with zero attached hydrogens (tertiary/aromatic N) is 3. The lowest BCUT2D eigenvalue weighted by molar-refractivity contribution is -0.118. The summed E-state index contributed by atoms with van der Waals surface area (Å²) in [6.45, 7) is 0. The smallest absolute Gasteiger partial charge is 0.250 e. The van der Waals surface area contributed by atoms with Crippen molar-refractivity contribution in [2.45, 2.75) is 11.3 Å². The first-order chi connectivity index (χ1) is 16.4. The fourth-order valence-electron chi connectivity index (χ4n) is 3.08. The number of benzene rings is 3. The molecule has 7 nitrogen and oxygen atoms in total. The summed E-state index contributed by atoms with van der Waals surface area (Å²) in [5.41, 5.74) is 1.47. The van der Waals surface area contributed by atoms with Gasteiger partial charge in [0, 0.05) is 10.9 Å². The molecule has 1 heterocycles. The maximum atomic E-state index is 13.2. The molecular weight excluding hydrogens is 538 g/mol. The third-order valence-electron chi connectivity index (χ3n) is 4.88. The Hall–Kier alpha value is -3.08. The van der Waals surface area contributed by atoms with E-state index in [-0.39, 0.29) is 17.1 Å². The molecular formula is C24H20BrN3O4S2. The SMILES string of the molecule is COc1ccc(/C=N/N(C(=O)CCS(=O)(=O)c2ccccc2)c2nc3ccc(Br)cc3s2)cc1. The number of aromatic nitrogens is 1. The number of rotatable bonds is 8. The van der Waals surface area contributed by atoms with E-state index < -0.39 is 15.7 Å². The summed E-state index contributed by atoms with van der Waals surface area (Å²) in [5.74, 6) is -0.101. The minimum Gasteiger partial charge on any atom is -0.497 e. The van der Waals surface area contributed by atoms with Gasteiger partial charge in [0.2, 0.25) is 5.13 Å². The summed E-state index contributed by atoms with van der Waals surface area (Å²) in [6, 6.07) is 20.9. The summed E-state index contributed by atoms with van der Waals surface area (Å²) >= 11 is 4.74. The van der Waals surface area contributed by atoms with Crippen molar-refractivity contribution in [1.82, 2.24) is 4.98 Å². The van der Waals surface area contributed by atoms with Gasteiger partial charge in [0.15, 0.2) is 9.84 Å². The average Bonchev–Trinajstić information content (AvgIpc) is 3.26. The predicted molar refractivity (Wildman–Crippen MR) is 139 cm³/mol. The Labute approximate surface area is 209 Å². The average molecular weight is 558 g/mol. The van der Waals surface area contributed by atoms with Crippen LogP contribution in [0.5, 0.6) is 5.75 Å². The maximum absolute atomic E-state index is 13.2. The van der Waals surface area contributed by atoms with Crippen molar-refractivity contribution in [3.05, 3.63) is 82.8 Å². The largest absolute Gasteiger partial charge is 0.497 e. The van der Waals surface area contributed by atoms with E-state index in [9.17, 15) is 13.2 Å².